The first-order chi connectivity index (χ1) is 18.9. The molecule has 4 aromatic rings. The zero-order chi connectivity index (χ0) is 27.5. The minimum atomic E-state index is -0.731. The smallest absolute Gasteiger partial charge is 0.254 e. The molecule has 196 valence electrons. The number of aromatic nitrogens is 1. The fourth-order valence-corrected chi connectivity index (χ4v) is 6.25. The molecule has 2 aromatic carbocycles. The lowest BCUT2D eigenvalue weighted by molar-refractivity contribution is -0.114. The van der Waals surface area contributed by atoms with Crippen LogP contribution in [0.1, 0.15) is 29.7 Å². The Bertz CT molecular complexity index is 1630. The van der Waals surface area contributed by atoms with Crippen LogP contribution in [0.15, 0.2) is 87.1 Å². The summed E-state index contributed by atoms with van der Waals surface area (Å²) >= 11 is 2.60. The summed E-state index contributed by atoms with van der Waals surface area (Å²) in [4.78, 5) is 30.9. The Labute approximate surface area is 233 Å². The number of aryl methyl sites for hydroxylation is 2. The molecule has 0 fully saturated rings. The highest BCUT2D eigenvalue weighted by atomic mass is 32.2. The van der Waals surface area contributed by atoms with Crippen LogP contribution in [-0.4, -0.2) is 22.6 Å². The number of hydrogen-bond acceptors (Lipinski definition) is 8. The van der Waals surface area contributed by atoms with Gasteiger partial charge in [0.2, 0.25) is 5.91 Å². The fourth-order valence-electron chi connectivity index (χ4n) is 4.48. The number of benzene rings is 2. The van der Waals surface area contributed by atoms with Gasteiger partial charge < -0.3 is 20.4 Å². The Hall–Kier alpha value is -4.33. The van der Waals surface area contributed by atoms with Gasteiger partial charge in [-0.2, -0.15) is 5.26 Å². The van der Waals surface area contributed by atoms with Crippen LogP contribution in [0.4, 0.5) is 10.8 Å². The molecule has 2 amide bonds. The van der Waals surface area contributed by atoms with E-state index in [9.17, 15) is 14.9 Å². The van der Waals surface area contributed by atoms with Gasteiger partial charge in [-0.1, -0.05) is 53.4 Å². The molecule has 3 heterocycles. The molecule has 0 saturated carbocycles. The molecule has 10 heteroatoms. The van der Waals surface area contributed by atoms with Gasteiger partial charge in [-0.3, -0.25) is 9.59 Å². The summed E-state index contributed by atoms with van der Waals surface area (Å²) < 4.78 is 6.67. The first kappa shape index (κ1) is 26.3. The third kappa shape index (κ3) is 5.46. The van der Waals surface area contributed by atoms with Crippen molar-refractivity contribution >= 4 is 55.9 Å². The molecule has 1 atom stereocenters. The van der Waals surface area contributed by atoms with E-state index in [4.69, 9.17) is 4.42 Å². The number of para-hydroxylation sites is 2. The van der Waals surface area contributed by atoms with Crippen LogP contribution in [0.25, 0.3) is 10.2 Å². The molecule has 0 spiro atoms. The molecule has 1 unspecified atom stereocenters. The maximum Gasteiger partial charge on any atom is 0.254 e. The molecule has 1 aliphatic rings. The second-order valence-electron chi connectivity index (χ2n) is 9.01. The van der Waals surface area contributed by atoms with Crippen LogP contribution in [0.5, 0.6) is 0 Å². The number of fused-ring (bicyclic) bond motifs is 1. The first-order valence-corrected chi connectivity index (χ1v) is 14.0. The van der Waals surface area contributed by atoms with E-state index < -0.39 is 5.92 Å². The summed E-state index contributed by atoms with van der Waals surface area (Å²) in [5, 5.41) is 20.3. The lowest BCUT2D eigenvalue weighted by Gasteiger charge is -2.28. The largest absolute Gasteiger partial charge is 0.468 e. The van der Waals surface area contributed by atoms with Crippen molar-refractivity contribution in [2.24, 2.45) is 0 Å². The van der Waals surface area contributed by atoms with Gasteiger partial charge >= 0.3 is 0 Å². The molecule has 0 aliphatic carbocycles. The molecule has 5 rings (SSSR count). The van der Waals surface area contributed by atoms with Crippen molar-refractivity contribution in [2.45, 2.75) is 26.7 Å². The summed E-state index contributed by atoms with van der Waals surface area (Å²) in [6.07, 6.45) is 1.51. The zero-order valence-corrected chi connectivity index (χ0v) is 23.1. The van der Waals surface area contributed by atoms with Gasteiger partial charge in [-0.15, -0.1) is 0 Å². The highest BCUT2D eigenvalue weighted by Gasteiger charge is 2.36. The van der Waals surface area contributed by atoms with Crippen LogP contribution >= 0.6 is 23.1 Å². The summed E-state index contributed by atoms with van der Waals surface area (Å²) in [7, 11) is 0. The molecule has 8 nitrogen and oxygen atoms in total. The Kier molecular flexibility index (Phi) is 7.54. The van der Waals surface area contributed by atoms with E-state index in [1.54, 1.807) is 19.1 Å². The number of nitrogens with one attached hydrogen (secondary N) is 3. The van der Waals surface area contributed by atoms with Crippen molar-refractivity contribution in [3.8, 4) is 6.07 Å². The van der Waals surface area contributed by atoms with Crippen LogP contribution in [-0.2, 0) is 9.59 Å². The van der Waals surface area contributed by atoms with E-state index in [0.717, 1.165) is 27.0 Å². The van der Waals surface area contributed by atoms with E-state index in [2.05, 4.69) is 27.0 Å². The van der Waals surface area contributed by atoms with Gasteiger partial charge in [0.25, 0.3) is 5.91 Å². The third-order valence-electron chi connectivity index (χ3n) is 6.33. The van der Waals surface area contributed by atoms with Gasteiger partial charge in [-0.05, 0) is 56.2 Å². The normalized spacial score (nSPS) is 15.2. The fraction of sp³-hybridized carbons (Fsp3) is 0.172. The zero-order valence-electron chi connectivity index (χ0n) is 21.5. The van der Waals surface area contributed by atoms with Crippen molar-refractivity contribution in [1.82, 2.24) is 10.3 Å². The Morgan fingerprint density at radius 2 is 1.85 bits per heavy atom. The lowest BCUT2D eigenvalue weighted by atomic mass is 9.85. The second kappa shape index (κ2) is 11.2. The number of carbonyl (C=O) groups excluding carboxylic acids is 2. The number of carbonyl (C=O) groups is 2. The van der Waals surface area contributed by atoms with Crippen LogP contribution in [0.2, 0.25) is 0 Å². The Morgan fingerprint density at radius 1 is 1.08 bits per heavy atom. The number of amides is 2. The van der Waals surface area contributed by atoms with E-state index in [0.29, 0.717) is 32.8 Å². The Balaban J connectivity index is 1.39. The number of allylic oxidation sites excluding steroid dienone is 2. The number of hydrogen-bond donors (Lipinski definition) is 3. The van der Waals surface area contributed by atoms with Crippen LogP contribution in [0.3, 0.4) is 0 Å². The number of nitriles is 1. The summed E-state index contributed by atoms with van der Waals surface area (Å²) in [6.45, 7) is 5.65. The quantitative estimate of drug-likeness (QED) is 0.248. The van der Waals surface area contributed by atoms with Gasteiger partial charge in [-0.25, -0.2) is 4.98 Å². The molecule has 3 N–H and O–H groups in total. The minimum absolute atomic E-state index is 0.0472. The molecule has 0 saturated heterocycles. The monoisotopic (exact) mass is 555 g/mol. The molecule has 39 heavy (non-hydrogen) atoms. The number of rotatable bonds is 7. The molecule has 2 aromatic heterocycles. The standard InChI is InChI=1S/C29H25N5O3S2/c1-16-8-6-9-17(2)26(16)34-27(36)24-18(3)31-28(19(14-30)25(24)21-11-7-13-37-21)38-15-23(35)33-29-32-20-10-4-5-12-22(20)39-29/h4-13,25,31H,15H2,1-3H3,(H,34,36)(H,32,33,35). The molecular weight excluding hydrogens is 530 g/mol. The number of thiazole rings is 1. The third-order valence-corrected chi connectivity index (χ3v) is 8.30. The maximum absolute atomic E-state index is 13.6. The average molecular weight is 556 g/mol. The maximum atomic E-state index is 13.6. The van der Waals surface area contributed by atoms with Gasteiger partial charge in [0, 0.05) is 11.4 Å². The van der Waals surface area contributed by atoms with E-state index in [1.807, 2.05) is 56.3 Å². The van der Waals surface area contributed by atoms with Crippen molar-refractivity contribution in [2.75, 3.05) is 16.4 Å². The van der Waals surface area contributed by atoms with E-state index in [1.165, 1.54) is 29.4 Å². The van der Waals surface area contributed by atoms with Gasteiger partial charge in [0.1, 0.15) is 5.76 Å². The lowest BCUT2D eigenvalue weighted by Crippen LogP contribution is -2.31. The predicted molar refractivity (Wildman–Crippen MR) is 155 cm³/mol. The molecule has 0 bridgehead atoms. The van der Waals surface area contributed by atoms with Crippen LogP contribution < -0.4 is 16.0 Å². The summed E-state index contributed by atoms with van der Waals surface area (Å²) in [5.41, 5.74) is 4.69. The van der Waals surface area contributed by atoms with E-state index in [-0.39, 0.29) is 17.6 Å². The number of thioether (sulfide) groups is 1. The molecule has 1 aliphatic heterocycles. The summed E-state index contributed by atoms with van der Waals surface area (Å²) in [6, 6.07) is 19.2. The van der Waals surface area contributed by atoms with Crippen LogP contribution in [0, 0.1) is 25.2 Å². The van der Waals surface area contributed by atoms with Crippen molar-refractivity contribution in [3.05, 3.63) is 99.6 Å². The number of dihydropyridines is 1. The van der Waals surface area contributed by atoms with E-state index >= 15 is 0 Å². The predicted octanol–water partition coefficient (Wildman–Crippen LogP) is 6.21. The SMILES string of the molecule is CC1=C(C(=O)Nc2c(C)cccc2C)C(c2ccco2)C(C#N)=C(SCC(=O)Nc2nc3ccccc3s2)N1. The van der Waals surface area contributed by atoms with Crippen molar-refractivity contribution < 1.29 is 14.0 Å². The molecular formula is C29H25N5O3S2. The van der Waals surface area contributed by atoms with Crippen molar-refractivity contribution in [3.63, 3.8) is 0 Å². The second-order valence-corrected chi connectivity index (χ2v) is 11.0. The first-order valence-electron chi connectivity index (χ1n) is 12.2. The highest BCUT2D eigenvalue weighted by Crippen LogP contribution is 2.41. The number of furan rings is 1. The van der Waals surface area contributed by atoms with Gasteiger partial charge in [0.05, 0.1) is 50.4 Å². The van der Waals surface area contributed by atoms with Crippen molar-refractivity contribution in [1.29, 1.82) is 5.26 Å². The Morgan fingerprint density at radius 3 is 2.54 bits per heavy atom. The average Bonchev–Trinajstić information content (AvgIpc) is 3.59. The highest BCUT2D eigenvalue weighted by molar-refractivity contribution is 8.03. The van der Waals surface area contributed by atoms with Gasteiger partial charge in [0.15, 0.2) is 5.13 Å². The topological polar surface area (TPSA) is 120 Å². The number of anilines is 2. The summed E-state index contributed by atoms with van der Waals surface area (Å²) in [5.74, 6) is -0.794. The molecule has 0 radical (unpaired) electrons. The number of nitrogens with zero attached hydrogens (tertiary/aromatic N) is 2. The minimum Gasteiger partial charge on any atom is -0.468 e.